The molecule has 0 bridgehead atoms. The third kappa shape index (κ3) is 4.24. The van der Waals surface area contributed by atoms with Gasteiger partial charge in [0, 0.05) is 34.2 Å². The highest BCUT2D eigenvalue weighted by atomic mass is 35.5. The van der Waals surface area contributed by atoms with Crippen molar-refractivity contribution in [2.45, 2.75) is 13.1 Å². The number of carbonyl (C=O) groups is 2. The Morgan fingerprint density at radius 3 is 2.47 bits per heavy atom. The second-order valence-electron chi connectivity index (χ2n) is 7.89. The summed E-state index contributed by atoms with van der Waals surface area (Å²) in [5.74, 6) is -0.309. The highest BCUT2D eigenvalue weighted by molar-refractivity contribution is 8.18. The maximum absolute atomic E-state index is 13.1. The molecule has 7 heteroatoms. The minimum Gasteiger partial charge on any atom is -0.342 e. The maximum Gasteiger partial charge on any atom is 0.293 e. The molecule has 0 atom stereocenters. The van der Waals surface area contributed by atoms with E-state index in [2.05, 4.69) is 10.6 Å². The number of nitriles is 1. The van der Waals surface area contributed by atoms with Crippen LogP contribution < -0.4 is 0 Å². The summed E-state index contributed by atoms with van der Waals surface area (Å²) >= 11 is 6.89. The Balaban J connectivity index is 1.47. The minimum absolute atomic E-state index is 0.200. The first kappa shape index (κ1) is 22.0. The SMILES string of the molecule is N#Cc1ccccc1Cn1cc(/C=C2\SC(=O)N(Cc3ccc(Cl)cc3)C2=O)c2ccccc21. The molecule has 0 spiro atoms. The van der Waals surface area contributed by atoms with Crippen LogP contribution in [0.3, 0.4) is 0 Å². The Bertz CT molecular complexity index is 1500. The Kier molecular flexibility index (Phi) is 5.97. The lowest BCUT2D eigenvalue weighted by molar-refractivity contribution is -0.123. The monoisotopic (exact) mass is 483 g/mol. The van der Waals surface area contributed by atoms with Gasteiger partial charge >= 0.3 is 0 Å². The van der Waals surface area contributed by atoms with Crippen molar-refractivity contribution < 1.29 is 9.59 Å². The number of benzene rings is 3. The number of nitrogens with zero attached hydrogens (tertiary/aromatic N) is 3. The zero-order valence-electron chi connectivity index (χ0n) is 17.9. The normalized spacial score (nSPS) is 14.8. The smallest absolute Gasteiger partial charge is 0.293 e. The van der Waals surface area contributed by atoms with Crippen molar-refractivity contribution in [1.29, 1.82) is 5.26 Å². The van der Waals surface area contributed by atoms with Gasteiger partial charge in [-0.1, -0.05) is 60.1 Å². The third-order valence-corrected chi connectivity index (χ3v) is 6.87. The standard InChI is InChI=1S/C27H18ClN3O2S/c28-22-11-9-18(10-12-22)15-31-26(32)25(34-27(31)33)13-21-17-30(24-8-4-3-7-23(21)24)16-20-6-2-1-5-19(20)14-29/h1-13,17H,15-16H2/b25-13-. The van der Waals surface area contributed by atoms with E-state index in [4.69, 9.17) is 11.6 Å². The van der Waals surface area contributed by atoms with Crippen LogP contribution in [0.1, 0.15) is 22.3 Å². The zero-order valence-corrected chi connectivity index (χ0v) is 19.5. The van der Waals surface area contributed by atoms with Gasteiger partial charge in [0.15, 0.2) is 0 Å². The fourth-order valence-corrected chi connectivity index (χ4v) is 4.98. The molecule has 3 aromatic carbocycles. The molecule has 166 valence electrons. The number of rotatable bonds is 5. The highest BCUT2D eigenvalue weighted by Gasteiger charge is 2.35. The van der Waals surface area contributed by atoms with Gasteiger partial charge in [0.2, 0.25) is 0 Å². The van der Waals surface area contributed by atoms with Crippen molar-refractivity contribution in [1.82, 2.24) is 9.47 Å². The van der Waals surface area contributed by atoms with Crippen LogP contribution in [0.25, 0.3) is 17.0 Å². The minimum atomic E-state index is -0.309. The zero-order chi connectivity index (χ0) is 23.7. The number of fused-ring (bicyclic) bond motifs is 1. The molecule has 1 aliphatic heterocycles. The first-order chi connectivity index (χ1) is 16.5. The van der Waals surface area contributed by atoms with Gasteiger partial charge in [0.1, 0.15) is 0 Å². The maximum atomic E-state index is 13.1. The molecule has 0 unspecified atom stereocenters. The molecule has 1 saturated heterocycles. The van der Waals surface area contributed by atoms with Gasteiger partial charge < -0.3 is 4.57 Å². The lowest BCUT2D eigenvalue weighted by Gasteiger charge is -2.12. The molecule has 2 heterocycles. The second-order valence-corrected chi connectivity index (χ2v) is 9.32. The molecule has 0 radical (unpaired) electrons. The van der Waals surface area contributed by atoms with Crippen LogP contribution in [0.4, 0.5) is 4.79 Å². The summed E-state index contributed by atoms with van der Waals surface area (Å²) in [6.45, 7) is 0.724. The average Bonchev–Trinajstić information content (AvgIpc) is 3.33. The van der Waals surface area contributed by atoms with E-state index in [1.807, 2.05) is 60.8 Å². The molecule has 1 aliphatic rings. The Hall–Kier alpha value is -3.79. The first-order valence-corrected chi connectivity index (χ1v) is 11.8. The van der Waals surface area contributed by atoms with E-state index in [1.165, 1.54) is 4.90 Å². The number of amides is 2. The largest absolute Gasteiger partial charge is 0.342 e. The lowest BCUT2D eigenvalue weighted by Crippen LogP contribution is -2.27. The second kappa shape index (κ2) is 9.22. The predicted molar refractivity (Wildman–Crippen MR) is 135 cm³/mol. The molecule has 5 nitrogen and oxygen atoms in total. The van der Waals surface area contributed by atoms with Crippen molar-refractivity contribution in [2.24, 2.45) is 0 Å². The van der Waals surface area contributed by atoms with Crippen molar-refractivity contribution >= 4 is 51.5 Å². The molecule has 0 aliphatic carbocycles. The molecule has 1 fully saturated rings. The lowest BCUT2D eigenvalue weighted by atomic mass is 10.1. The molecule has 2 amide bonds. The van der Waals surface area contributed by atoms with Gasteiger partial charge in [-0.05, 0) is 53.2 Å². The van der Waals surface area contributed by atoms with Crippen LogP contribution in [0, 0.1) is 11.3 Å². The van der Waals surface area contributed by atoms with Gasteiger partial charge in [-0.25, -0.2) is 0 Å². The Morgan fingerprint density at radius 1 is 0.941 bits per heavy atom. The number of aromatic nitrogens is 1. The third-order valence-electron chi connectivity index (χ3n) is 5.71. The summed E-state index contributed by atoms with van der Waals surface area (Å²) in [6.07, 6.45) is 3.74. The fourth-order valence-electron chi connectivity index (χ4n) is 4.02. The number of hydrogen-bond acceptors (Lipinski definition) is 4. The molecule has 0 N–H and O–H groups in total. The van der Waals surface area contributed by atoms with Crippen LogP contribution in [0.2, 0.25) is 5.02 Å². The van der Waals surface area contributed by atoms with Crippen LogP contribution in [-0.2, 0) is 17.9 Å². The Morgan fingerprint density at radius 2 is 1.68 bits per heavy atom. The number of carbonyl (C=O) groups excluding carboxylic acids is 2. The summed E-state index contributed by atoms with van der Waals surface area (Å²) in [7, 11) is 0. The van der Waals surface area contributed by atoms with Crippen LogP contribution in [0.15, 0.2) is 83.9 Å². The van der Waals surface area contributed by atoms with Gasteiger partial charge in [0.25, 0.3) is 11.1 Å². The number of hydrogen-bond donors (Lipinski definition) is 0. The van der Waals surface area contributed by atoms with E-state index in [0.29, 0.717) is 22.0 Å². The van der Waals surface area contributed by atoms with Crippen LogP contribution >= 0.6 is 23.4 Å². The number of thioether (sulfide) groups is 1. The summed E-state index contributed by atoms with van der Waals surface area (Å²) in [4.78, 5) is 27.3. The van der Waals surface area contributed by atoms with E-state index in [0.717, 1.165) is 39.4 Å². The fraction of sp³-hybridized carbons (Fsp3) is 0.0741. The summed E-state index contributed by atoms with van der Waals surface area (Å²) < 4.78 is 2.06. The van der Waals surface area contributed by atoms with E-state index < -0.39 is 0 Å². The first-order valence-electron chi connectivity index (χ1n) is 10.6. The topological polar surface area (TPSA) is 66.1 Å². The molecule has 1 aromatic heterocycles. The van der Waals surface area contributed by atoms with Crippen LogP contribution in [-0.4, -0.2) is 20.6 Å². The number of halogens is 1. The molecule has 34 heavy (non-hydrogen) atoms. The van der Waals surface area contributed by atoms with Crippen LogP contribution in [0.5, 0.6) is 0 Å². The summed E-state index contributed by atoms with van der Waals surface area (Å²) in [5.41, 5.74) is 4.22. The van der Waals surface area contributed by atoms with Gasteiger partial charge in [-0.2, -0.15) is 5.26 Å². The van der Waals surface area contributed by atoms with E-state index in [9.17, 15) is 14.9 Å². The van der Waals surface area contributed by atoms with E-state index in [-0.39, 0.29) is 17.7 Å². The average molecular weight is 484 g/mol. The molecule has 0 saturated carbocycles. The number of para-hydroxylation sites is 1. The number of imide groups is 1. The Labute approximate surface area is 205 Å². The summed E-state index contributed by atoms with van der Waals surface area (Å²) in [6, 6.07) is 24.8. The van der Waals surface area contributed by atoms with Gasteiger partial charge in [-0.3, -0.25) is 14.5 Å². The van der Waals surface area contributed by atoms with E-state index in [1.54, 1.807) is 24.3 Å². The van der Waals surface area contributed by atoms with Crippen molar-refractivity contribution in [2.75, 3.05) is 0 Å². The molecular formula is C27H18ClN3O2S. The molecular weight excluding hydrogens is 466 g/mol. The molecule has 5 rings (SSSR count). The van der Waals surface area contributed by atoms with Crippen molar-refractivity contribution in [3.63, 3.8) is 0 Å². The predicted octanol–water partition coefficient (Wildman–Crippen LogP) is 6.45. The quantitative estimate of drug-likeness (QED) is 0.306. The highest BCUT2D eigenvalue weighted by Crippen LogP contribution is 2.35. The molecule has 4 aromatic rings. The summed E-state index contributed by atoms with van der Waals surface area (Å²) in [5, 5.41) is 10.7. The van der Waals surface area contributed by atoms with E-state index >= 15 is 0 Å². The van der Waals surface area contributed by atoms with Gasteiger partial charge in [0.05, 0.1) is 23.1 Å². The van der Waals surface area contributed by atoms with Crippen molar-refractivity contribution in [3.05, 3.63) is 111 Å². The van der Waals surface area contributed by atoms with Gasteiger partial charge in [-0.15, -0.1) is 0 Å². The van der Waals surface area contributed by atoms with Crippen molar-refractivity contribution in [3.8, 4) is 6.07 Å².